The van der Waals surface area contributed by atoms with E-state index >= 15 is 0 Å². The number of hydrogen-bond donors (Lipinski definition) is 1. The average molecular weight is 435 g/mol. The van der Waals surface area contributed by atoms with Crippen molar-refractivity contribution in [1.29, 1.82) is 0 Å². The Hall–Kier alpha value is -2.29. The fourth-order valence-corrected chi connectivity index (χ4v) is 5.64. The summed E-state index contributed by atoms with van der Waals surface area (Å²) in [5.41, 5.74) is 1.66. The normalized spacial score (nSPS) is 14.9. The lowest BCUT2D eigenvalue weighted by molar-refractivity contribution is 0.603. The Morgan fingerprint density at radius 2 is 1.64 bits per heavy atom. The summed E-state index contributed by atoms with van der Waals surface area (Å²) in [6, 6.07) is 17.0. The number of nitrogens with one attached hydrogen (secondary N) is 1. The number of para-hydroxylation sites is 1. The minimum atomic E-state index is -3.64. The van der Waals surface area contributed by atoms with Crippen molar-refractivity contribution in [3.05, 3.63) is 65.1 Å². The van der Waals surface area contributed by atoms with Gasteiger partial charge in [0.05, 0.1) is 16.2 Å². The van der Waals surface area contributed by atoms with Crippen LogP contribution in [0.4, 0.5) is 17.2 Å². The molecule has 1 N–H and O–H groups in total. The predicted molar refractivity (Wildman–Crippen MR) is 115 cm³/mol. The summed E-state index contributed by atoms with van der Waals surface area (Å²) < 4.78 is 27.9. The molecular weight excluding hydrogens is 416 g/mol. The molecule has 4 rings (SSSR count). The van der Waals surface area contributed by atoms with Gasteiger partial charge in [-0.15, -0.1) is 11.3 Å². The van der Waals surface area contributed by atoms with Crippen molar-refractivity contribution in [3.8, 4) is 0 Å². The van der Waals surface area contributed by atoms with Crippen LogP contribution in [0.15, 0.2) is 65.0 Å². The van der Waals surface area contributed by atoms with Crippen LogP contribution in [0.2, 0.25) is 4.34 Å². The summed E-state index contributed by atoms with van der Waals surface area (Å²) >= 11 is 6.85. The van der Waals surface area contributed by atoms with E-state index in [-0.39, 0.29) is 4.21 Å². The SMILES string of the molecule is O=S(=O)(Nc1ccc(N2CCN(c3ccccc3)CC2)nc1)c1ccc(Cl)s1. The molecule has 1 aliphatic heterocycles. The molecular formula is C19H19ClN4O2S2. The summed E-state index contributed by atoms with van der Waals surface area (Å²) in [7, 11) is -3.64. The molecule has 1 aliphatic rings. The highest BCUT2D eigenvalue weighted by molar-refractivity contribution is 7.94. The van der Waals surface area contributed by atoms with Gasteiger partial charge in [0, 0.05) is 31.9 Å². The first-order valence-electron chi connectivity index (χ1n) is 8.80. The third kappa shape index (κ3) is 4.24. The van der Waals surface area contributed by atoms with Gasteiger partial charge in [-0.2, -0.15) is 0 Å². The van der Waals surface area contributed by atoms with Crippen LogP contribution in [-0.4, -0.2) is 39.6 Å². The van der Waals surface area contributed by atoms with Crippen LogP contribution in [-0.2, 0) is 10.0 Å². The molecule has 6 nitrogen and oxygen atoms in total. The van der Waals surface area contributed by atoms with Crippen LogP contribution in [0.3, 0.4) is 0 Å². The third-order valence-electron chi connectivity index (χ3n) is 4.54. The number of halogens is 1. The molecule has 1 fully saturated rings. The zero-order valence-electron chi connectivity index (χ0n) is 15.0. The lowest BCUT2D eigenvalue weighted by atomic mass is 10.2. The van der Waals surface area contributed by atoms with Gasteiger partial charge in [-0.05, 0) is 36.4 Å². The number of thiophene rings is 1. The fourth-order valence-electron chi connectivity index (χ4n) is 3.11. The quantitative estimate of drug-likeness (QED) is 0.659. The molecule has 0 bridgehead atoms. The van der Waals surface area contributed by atoms with E-state index in [2.05, 4.69) is 31.6 Å². The first kappa shape index (κ1) is 19.0. The minimum absolute atomic E-state index is 0.179. The van der Waals surface area contributed by atoms with Crippen molar-refractivity contribution in [2.75, 3.05) is 40.7 Å². The van der Waals surface area contributed by atoms with E-state index in [1.807, 2.05) is 24.3 Å². The second-order valence-corrected chi connectivity index (χ2v) is 10.0. The number of sulfonamides is 1. The van der Waals surface area contributed by atoms with E-state index in [0.29, 0.717) is 10.0 Å². The molecule has 2 aromatic heterocycles. The fraction of sp³-hybridized carbons (Fsp3) is 0.211. The summed E-state index contributed by atoms with van der Waals surface area (Å²) in [6.45, 7) is 3.56. The molecule has 9 heteroatoms. The molecule has 0 atom stereocenters. The molecule has 0 radical (unpaired) electrons. The van der Waals surface area contributed by atoms with E-state index in [0.717, 1.165) is 43.3 Å². The Kier molecular flexibility index (Phi) is 5.43. The maximum Gasteiger partial charge on any atom is 0.271 e. The van der Waals surface area contributed by atoms with Crippen molar-refractivity contribution in [2.45, 2.75) is 4.21 Å². The number of aromatic nitrogens is 1. The highest BCUT2D eigenvalue weighted by Gasteiger charge is 2.19. The van der Waals surface area contributed by atoms with E-state index in [1.54, 1.807) is 18.3 Å². The molecule has 0 unspecified atom stereocenters. The average Bonchev–Trinajstić information content (AvgIpc) is 3.17. The Bertz CT molecular complexity index is 1030. The maximum atomic E-state index is 12.4. The Balaban J connectivity index is 1.39. The zero-order valence-corrected chi connectivity index (χ0v) is 17.3. The first-order valence-corrected chi connectivity index (χ1v) is 11.5. The van der Waals surface area contributed by atoms with Crippen molar-refractivity contribution >= 4 is 50.2 Å². The first-order chi connectivity index (χ1) is 13.5. The van der Waals surface area contributed by atoms with E-state index in [4.69, 9.17) is 11.6 Å². The van der Waals surface area contributed by atoms with Crippen molar-refractivity contribution in [3.63, 3.8) is 0 Å². The standard InChI is InChI=1S/C19H19ClN4O2S2/c20-17-7-9-19(27-17)28(25,26)22-15-6-8-18(21-14-15)24-12-10-23(11-13-24)16-4-2-1-3-5-16/h1-9,14,22H,10-13H2. The van der Waals surface area contributed by atoms with Crippen LogP contribution in [0.25, 0.3) is 0 Å². The summed E-state index contributed by atoms with van der Waals surface area (Å²) in [6.07, 6.45) is 1.55. The van der Waals surface area contributed by atoms with Gasteiger partial charge in [0.1, 0.15) is 10.0 Å². The number of hydrogen-bond acceptors (Lipinski definition) is 6. The number of piperazine rings is 1. The number of benzene rings is 1. The molecule has 0 spiro atoms. The number of anilines is 3. The molecule has 1 saturated heterocycles. The van der Waals surface area contributed by atoms with E-state index in [9.17, 15) is 8.42 Å². The van der Waals surface area contributed by atoms with Gasteiger partial charge in [-0.1, -0.05) is 29.8 Å². The topological polar surface area (TPSA) is 65.5 Å². The van der Waals surface area contributed by atoms with Gasteiger partial charge in [0.25, 0.3) is 10.0 Å². The van der Waals surface area contributed by atoms with Gasteiger partial charge in [-0.25, -0.2) is 13.4 Å². The lowest BCUT2D eigenvalue weighted by Gasteiger charge is -2.36. The molecule has 146 valence electrons. The van der Waals surface area contributed by atoms with Crippen molar-refractivity contribution in [2.24, 2.45) is 0 Å². The van der Waals surface area contributed by atoms with Crippen LogP contribution in [0.1, 0.15) is 0 Å². The maximum absolute atomic E-state index is 12.4. The summed E-state index contributed by atoms with van der Waals surface area (Å²) in [4.78, 5) is 9.00. The largest absolute Gasteiger partial charge is 0.368 e. The van der Waals surface area contributed by atoms with Crippen molar-refractivity contribution < 1.29 is 8.42 Å². The van der Waals surface area contributed by atoms with Gasteiger partial charge in [0.15, 0.2) is 0 Å². The minimum Gasteiger partial charge on any atom is -0.368 e. The van der Waals surface area contributed by atoms with Gasteiger partial charge >= 0.3 is 0 Å². The van der Waals surface area contributed by atoms with Gasteiger partial charge in [0.2, 0.25) is 0 Å². The van der Waals surface area contributed by atoms with Crippen LogP contribution in [0.5, 0.6) is 0 Å². The third-order valence-corrected chi connectivity index (χ3v) is 7.64. The van der Waals surface area contributed by atoms with E-state index in [1.165, 1.54) is 11.8 Å². The molecule has 0 aliphatic carbocycles. The van der Waals surface area contributed by atoms with E-state index < -0.39 is 10.0 Å². The molecule has 0 saturated carbocycles. The number of nitrogens with zero attached hydrogens (tertiary/aromatic N) is 3. The van der Waals surface area contributed by atoms with Crippen LogP contribution in [0, 0.1) is 0 Å². The van der Waals surface area contributed by atoms with Crippen molar-refractivity contribution in [1.82, 2.24) is 4.98 Å². The van der Waals surface area contributed by atoms with Gasteiger partial charge < -0.3 is 9.80 Å². The Morgan fingerprint density at radius 3 is 2.25 bits per heavy atom. The second-order valence-electron chi connectivity index (χ2n) is 6.38. The predicted octanol–water partition coefficient (Wildman–Crippen LogP) is 3.92. The summed E-state index contributed by atoms with van der Waals surface area (Å²) in [5.74, 6) is 0.842. The smallest absolute Gasteiger partial charge is 0.271 e. The molecule has 3 heterocycles. The lowest BCUT2D eigenvalue weighted by Crippen LogP contribution is -2.46. The number of pyridine rings is 1. The molecule has 28 heavy (non-hydrogen) atoms. The highest BCUT2D eigenvalue weighted by atomic mass is 35.5. The molecule has 3 aromatic rings. The van der Waals surface area contributed by atoms with Gasteiger partial charge in [-0.3, -0.25) is 4.72 Å². The zero-order chi connectivity index (χ0) is 19.6. The highest BCUT2D eigenvalue weighted by Crippen LogP contribution is 2.27. The number of rotatable bonds is 5. The van der Waals surface area contributed by atoms with Crippen LogP contribution < -0.4 is 14.5 Å². The van der Waals surface area contributed by atoms with Crippen LogP contribution >= 0.6 is 22.9 Å². The second kappa shape index (κ2) is 7.98. The summed E-state index contributed by atoms with van der Waals surface area (Å²) in [5, 5.41) is 0. The molecule has 0 amide bonds. The monoisotopic (exact) mass is 434 g/mol. The Labute approximate surface area is 173 Å². The molecule has 1 aromatic carbocycles. The Morgan fingerprint density at radius 1 is 0.929 bits per heavy atom.